The molecule has 1 atom stereocenters. The summed E-state index contributed by atoms with van der Waals surface area (Å²) in [5.41, 5.74) is 11.8. The SMILES string of the molecule is CCC(C)C(N)=Nc1c(C)cc(C(F)(F)F)cc1COCCN. The first-order valence-electron chi connectivity index (χ1n) is 7.53. The van der Waals surface area contributed by atoms with E-state index in [1.807, 2.05) is 13.8 Å². The van der Waals surface area contributed by atoms with Gasteiger partial charge in [0, 0.05) is 18.0 Å². The molecule has 4 nitrogen and oxygen atoms in total. The maximum atomic E-state index is 13.0. The van der Waals surface area contributed by atoms with E-state index in [0.29, 0.717) is 29.2 Å². The Labute approximate surface area is 134 Å². The number of hydrogen-bond acceptors (Lipinski definition) is 3. The van der Waals surface area contributed by atoms with Gasteiger partial charge in [0.05, 0.1) is 24.5 Å². The first-order chi connectivity index (χ1) is 10.7. The fraction of sp³-hybridized carbons (Fsp3) is 0.562. The van der Waals surface area contributed by atoms with Crippen LogP contribution < -0.4 is 11.5 Å². The fourth-order valence-corrected chi connectivity index (χ4v) is 2.00. The van der Waals surface area contributed by atoms with E-state index in [2.05, 4.69) is 4.99 Å². The van der Waals surface area contributed by atoms with Gasteiger partial charge in [-0.05, 0) is 31.0 Å². The van der Waals surface area contributed by atoms with Crippen LogP contribution in [0.1, 0.15) is 37.0 Å². The molecule has 0 aliphatic heterocycles. The lowest BCUT2D eigenvalue weighted by atomic mass is 10.0. The Balaban J connectivity index is 3.31. The molecule has 0 fully saturated rings. The minimum absolute atomic E-state index is 0.00851. The van der Waals surface area contributed by atoms with Crippen LogP contribution in [0.2, 0.25) is 0 Å². The molecule has 130 valence electrons. The molecule has 0 heterocycles. The standard InChI is InChI=1S/C16H24F3N3O/c1-4-10(2)15(21)22-14-11(3)7-13(16(17,18)19)8-12(14)9-23-6-5-20/h7-8,10H,4-6,9,20H2,1-3H3,(H2,21,22). The number of aliphatic imine (C=N–C) groups is 1. The first-order valence-corrected chi connectivity index (χ1v) is 7.53. The van der Waals surface area contributed by atoms with Crippen molar-refractivity contribution in [1.82, 2.24) is 0 Å². The Morgan fingerprint density at radius 1 is 1.35 bits per heavy atom. The third-order valence-electron chi connectivity index (χ3n) is 3.58. The predicted molar refractivity (Wildman–Crippen MR) is 85.6 cm³/mol. The van der Waals surface area contributed by atoms with Crippen LogP contribution in [0.3, 0.4) is 0 Å². The highest BCUT2D eigenvalue weighted by Gasteiger charge is 2.31. The molecule has 0 bridgehead atoms. The molecule has 0 aliphatic carbocycles. The quantitative estimate of drug-likeness (QED) is 0.456. The summed E-state index contributed by atoms with van der Waals surface area (Å²) in [6.07, 6.45) is -3.62. The van der Waals surface area contributed by atoms with Crippen molar-refractivity contribution in [2.24, 2.45) is 22.4 Å². The summed E-state index contributed by atoms with van der Waals surface area (Å²) >= 11 is 0. The highest BCUT2D eigenvalue weighted by Crippen LogP contribution is 2.35. The Bertz CT molecular complexity index is 556. The number of nitrogens with zero attached hydrogens (tertiary/aromatic N) is 1. The highest BCUT2D eigenvalue weighted by molar-refractivity contribution is 5.86. The molecule has 1 unspecified atom stereocenters. The van der Waals surface area contributed by atoms with Gasteiger partial charge in [0.15, 0.2) is 0 Å². The number of alkyl halides is 3. The largest absolute Gasteiger partial charge is 0.416 e. The molecule has 0 aromatic heterocycles. The molecule has 1 rings (SSSR count). The van der Waals surface area contributed by atoms with Crippen LogP contribution in [0.4, 0.5) is 18.9 Å². The van der Waals surface area contributed by atoms with E-state index in [-0.39, 0.29) is 19.1 Å². The van der Waals surface area contributed by atoms with E-state index in [1.54, 1.807) is 6.92 Å². The summed E-state index contributed by atoms with van der Waals surface area (Å²) in [5.74, 6) is 0.449. The number of ether oxygens (including phenoxy) is 1. The second-order valence-corrected chi connectivity index (χ2v) is 5.49. The van der Waals surface area contributed by atoms with E-state index in [1.165, 1.54) is 0 Å². The first kappa shape index (κ1) is 19.4. The molecule has 0 spiro atoms. The van der Waals surface area contributed by atoms with Crippen molar-refractivity contribution in [3.8, 4) is 0 Å². The third-order valence-corrected chi connectivity index (χ3v) is 3.58. The van der Waals surface area contributed by atoms with E-state index in [9.17, 15) is 13.2 Å². The molecule has 0 radical (unpaired) electrons. The molecule has 1 aromatic carbocycles. The number of amidine groups is 1. The molecule has 0 saturated carbocycles. The summed E-state index contributed by atoms with van der Waals surface area (Å²) in [7, 11) is 0. The van der Waals surface area contributed by atoms with E-state index < -0.39 is 11.7 Å². The smallest absolute Gasteiger partial charge is 0.387 e. The zero-order valence-electron chi connectivity index (χ0n) is 13.7. The van der Waals surface area contributed by atoms with Crippen LogP contribution in [0, 0.1) is 12.8 Å². The number of nitrogens with two attached hydrogens (primary N) is 2. The molecular formula is C16H24F3N3O. The lowest BCUT2D eigenvalue weighted by molar-refractivity contribution is -0.137. The molecule has 0 saturated heterocycles. The van der Waals surface area contributed by atoms with Gasteiger partial charge in [-0.15, -0.1) is 0 Å². The van der Waals surface area contributed by atoms with Crippen LogP contribution in [0.5, 0.6) is 0 Å². The highest BCUT2D eigenvalue weighted by atomic mass is 19.4. The van der Waals surface area contributed by atoms with E-state index >= 15 is 0 Å². The predicted octanol–water partition coefficient (Wildman–Crippen LogP) is 3.52. The maximum absolute atomic E-state index is 13.0. The van der Waals surface area contributed by atoms with Gasteiger partial charge in [-0.3, -0.25) is 0 Å². The van der Waals surface area contributed by atoms with Crippen LogP contribution in [0.25, 0.3) is 0 Å². The van der Waals surface area contributed by atoms with Crippen LogP contribution in [-0.4, -0.2) is 19.0 Å². The van der Waals surface area contributed by atoms with Gasteiger partial charge in [-0.25, -0.2) is 4.99 Å². The van der Waals surface area contributed by atoms with Crippen LogP contribution >= 0.6 is 0 Å². The van der Waals surface area contributed by atoms with Gasteiger partial charge in [0.1, 0.15) is 5.84 Å². The fourth-order valence-electron chi connectivity index (χ4n) is 2.00. The van der Waals surface area contributed by atoms with Gasteiger partial charge >= 0.3 is 6.18 Å². The summed E-state index contributed by atoms with van der Waals surface area (Å²) in [6.45, 7) is 6.05. The van der Waals surface area contributed by atoms with Crippen molar-refractivity contribution in [2.75, 3.05) is 13.2 Å². The second-order valence-electron chi connectivity index (χ2n) is 5.49. The Kier molecular flexibility index (Phi) is 7.02. The van der Waals surface area contributed by atoms with Crippen molar-refractivity contribution in [3.63, 3.8) is 0 Å². The summed E-state index contributed by atoms with van der Waals surface area (Å²) in [4.78, 5) is 4.35. The maximum Gasteiger partial charge on any atom is 0.416 e. The van der Waals surface area contributed by atoms with Gasteiger partial charge < -0.3 is 16.2 Å². The van der Waals surface area contributed by atoms with Gasteiger partial charge in [-0.2, -0.15) is 13.2 Å². The normalized spacial score (nSPS) is 14.1. The minimum atomic E-state index is -4.42. The van der Waals surface area contributed by atoms with Gasteiger partial charge in [0.2, 0.25) is 0 Å². The summed E-state index contributed by atoms with van der Waals surface area (Å²) < 4.78 is 44.3. The lowest BCUT2D eigenvalue weighted by Crippen LogP contribution is -2.20. The van der Waals surface area contributed by atoms with Gasteiger partial charge in [0.25, 0.3) is 0 Å². The van der Waals surface area contributed by atoms with Gasteiger partial charge in [-0.1, -0.05) is 13.8 Å². The zero-order chi connectivity index (χ0) is 17.6. The van der Waals surface area contributed by atoms with Crippen LogP contribution in [0.15, 0.2) is 17.1 Å². The average molecular weight is 331 g/mol. The van der Waals surface area contributed by atoms with Crippen molar-refractivity contribution in [2.45, 2.75) is 40.0 Å². The topological polar surface area (TPSA) is 73.6 Å². The molecule has 4 N–H and O–H groups in total. The Hall–Kier alpha value is -1.60. The summed E-state index contributed by atoms with van der Waals surface area (Å²) in [6, 6.07) is 2.14. The molecule has 0 amide bonds. The van der Waals surface area contributed by atoms with Crippen molar-refractivity contribution in [1.29, 1.82) is 0 Å². The molecule has 7 heteroatoms. The van der Waals surface area contributed by atoms with Crippen molar-refractivity contribution < 1.29 is 17.9 Å². The third kappa shape index (κ3) is 5.51. The monoisotopic (exact) mass is 331 g/mol. The summed E-state index contributed by atoms with van der Waals surface area (Å²) in [5, 5.41) is 0. The minimum Gasteiger partial charge on any atom is -0.387 e. The number of hydrogen-bond donors (Lipinski definition) is 2. The average Bonchev–Trinajstić information content (AvgIpc) is 2.48. The van der Waals surface area contributed by atoms with E-state index in [0.717, 1.165) is 18.6 Å². The molecule has 0 aliphatic rings. The van der Waals surface area contributed by atoms with E-state index in [4.69, 9.17) is 16.2 Å². The zero-order valence-corrected chi connectivity index (χ0v) is 13.7. The molecule has 23 heavy (non-hydrogen) atoms. The second kappa shape index (κ2) is 8.31. The number of halogens is 3. The molecule has 1 aromatic rings. The molecular weight excluding hydrogens is 307 g/mol. The number of rotatable bonds is 7. The van der Waals surface area contributed by atoms with Crippen molar-refractivity contribution >= 4 is 11.5 Å². The van der Waals surface area contributed by atoms with Crippen molar-refractivity contribution in [3.05, 3.63) is 28.8 Å². The number of benzene rings is 1. The lowest BCUT2D eigenvalue weighted by Gasteiger charge is -2.16. The Morgan fingerprint density at radius 3 is 2.52 bits per heavy atom. The number of aryl methyl sites for hydroxylation is 1. The van der Waals surface area contributed by atoms with Crippen LogP contribution in [-0.2, 0) is 17.5 Å². The Morgan fingerprint density at radius 2 is 2.00 bits per heavy atom.